The third-order valence-corrected chi connectivity index (χ3v) is 6.66. The van der Waals surface area contributed by atoms with Crippen LogP contribution in [-0.4, -0.2) is 38.3 Å². The molecule has 0 bridgehead atoms. The third kappa shape index (κ3) is 5.60. The van der Waals surface area contributed by atoms with Gasteiger partial charge in [-0.2, -0.15) is 0 Å². The lowest BCUT2D eigenvalue weighted by Gasteiger charge is -2.26. The molecule has 6 heteroatoms. The van der Waals surface area contributed by atoms with E-state index in [1.54, 1.807) is 25.3 Å². The minimum absolute atomic E-state index is 0.238. The van der Waals surface area contributed by atoms with Crippen LogP contribution in [0.5, 0.6) is 11.5 Å². The predicted octanol–water partition coefficient (Wildman–Crippen LogP) is 7.40. The summed E-state index contributed by atoms with van der Waals surface area (Å²) in [4.78, 5) is 2.36. The molecule has 36 heavy (non-hydrogen) atoms. The number of rotatable bonds is 8. The number of ether oxygens (including phenoxy) is 2. The Morgan fingerprint density at radius 2 is 1.64 bits per heavy atom. The van der Waals surface area contributed by atoms with E-state index < -0.39 is 5.82 Å². The summed E-state index contributed by atoms with van der Waals surface area (Å²) in [6, 6.07) is 21.2. The van der Waals surface area contributed by atoms with Gasteiger partial charge >= 0.3 is 0 Å². The SMILES string of the molecule is COc1ccc2cc(-c3cc(F)ccc3Nc3ccc(OCCN4CCCCC4)c(F)c3)ccc2c1. The fourth-order valence-electron chi connectivity index (χ4n) is 4.70. The Morgan fingerprint density at radius 3 is 2.44 bits per heavy atom. The van der Waals surface area contributed by atoms with E-state index in [-0.39, 0.29) is 11.6 Å². The maximum absolute atomic E-state index is 14.8. The van der Waals surface area contributed by atoms with Gasteiger partial charge in [0.25, 0.3) is 0 Å². The summed E-state index contributed by atoms with van der Waals surface area (Å²) in [7, 11) is 1.64. The van der Waals surface area contributed by atoms with Crippen molar-refractivity contribution in [1.29, 1.82) is 0 Å². The number of halogens is 2. The van der Waals surface area contributed by atoms with Gasteiger partial charge in [0, 0.05) is 29.5 Å². The maximum atomic E-state index is 14.8. The normalized spacial score (nSPS) is 14.1. The average Bonchev–Trinajstić information content (AvgIpc) is 2.91. The van der Waals surface area contributed by atoms with Crippen LogP contribution in [-0.2, 0) is 0 Å². The van der Waals surface area contributed by atoms with Crippen molar-refractivity contribution in [3.63, 3.8) is 0 Å². The van der Waals surface area contributed by atoms with Crippen LogP contribution >= 0.6 is 0 Å². The number of methoxy groups -OCH3 is 1. The molecule has 0 atom stereocenters. The van der Waals surface area contributed by atoms with Crippen molar-refractivity contribution < 1.29 is 18.3 Å². The van der Waals surface area contributed by atoms with Crippen LogP contribution in [0.4, 0.5) is 20.2 Å². The van der Waals surface area contributed by atoms with Gasteiger partial charge in [0.1, 0.15) is 18.2 Å². The molecule has 4 aromatic rings. The Kier molecular flexibility index (Phi) is 7.33. The third-order valence-electron chi connectivity index (χ3n) is 6.66. The molecule has 0 radical (unpaired) electrons. The molecule has 1 saturated heterocycles. The standard InChI is InChI=1S/C30H30F2N2O2/c1-35-26-10-7-21-17-23(6-5-22(21)18-26)27-19-24(31)8-11-29(27)33-25-9-12-30(28(32)20-25)36-16-15-34-13-3-2-4-14-34/h5-12,17-20,33H,2-4,13-16H2,1H3. The van der Waals surface area contributed by atoms with Gasteiger partial charge in [-0.15, -0.1) is 0 Å². The van der Waals surface area contributed by atoms with E-state index in [1.807, 2.05) is 36.4 Å². The van der Waals surface area contributed by atoms with Gasteiger partial charge in [-0.25, -0.2) is 8.78 Å². The van der Waals surface area contributed by atoms with E-state index in [9.17, 15) is 8.78 Å². The first-order valence-corrected chi connectivity index (χ1v) is 12.4. The summed E-state index contributed by atoms with van der Waals surface area (Å²) in [5.74, 6) is 0.252. The minimum atomic E-state index is -0.429. The molecule has 186 valence electrons. The molecule has 5 rings (SSSR count). The second-order valence-electron chi connectivity index (χ2n) is 9.14. The Labute approximate surface area is 210 Å². The van der Waals surface area contributed by atoms with Crippen molar-refractivity contribution in [2.75, 3.05) is 38.7 Å². The largest absolute Gasteiger partial charge is 0.497 e. The number of piperidine rings is 1. The predicted molar refractivity (Wildman–Crippen MR) is 141 cm³/mol. The fraction of sp³-hybridized carbons (Fsp3) is 0.267. The van der Waals surface area contributed by atoms with Crippen molar-refractivity contribution in [2.24, 2.45) is 0 Å². The lowest BCUT2D eigenvalue weighted by atomic mass is 9.99. The van der Waals surface area contributed by atoms with Gasteiger partial charge in [-0.3, -0.25) is 4.90 Å². The molecule has 1 heterocycles. The van der Waals surface area contributed by atoms with E-state index >= 15 is 0 Å². The van der Waals surface area contributed by atoms with Crippen LogP contribution in [0.15, 0.2) is 72.8 Å². The van der Waals surface area contributed by atoms with Crippen LogP contribution < -0.4 is 14.8 Å². The van der Waals surface area contributed by atoms with E-state index in [1.165, 1.54) is 37.5 Å². The van der Waals surface area contributed by atoms with Crippen LogP contribution in [0.3, 0.4) is 0 Å². The summed E-state index contributed by atoms with van der Waals surface area (Å²) in [5, 5.41) is 5.29. The molecule has 1 fully saturated rings. The first kappa shape index (κ1) is 24.1. The average molecular weight is 489 g/mol. The Hall–Kier alpha value is -3.64. The Morgan fingerprint density at radius 1 is 0.833 bits per heavy atom. The molecule has 0 unspecified atom stereocenters. The van der Waals surface area contributed by atoms with Gasteiger partial charge < -0.3 is 14.8 Å². The van der Waals surface area contributed by atoms with Gasteiger partial charge in [-0.1, -0.05) is 24.6 Å². The summed E-state index contributed by atoms with van der Waals surface area (Å²) in [6.45, 7) is 3.43. The fourth-order valence-corrected chi connectivity index (χ4v) is 4.70. The number of nitrogens with zero attached hydrogens (tertiary/aromatic N) is 1. The second kappa shape index (κ2) is 11.0. The second-order valence-corrected chi connectivity index (χ2v) is 9.14. The highest BCUT2D eigenvalue weighted by molar-refractivity contribution is 5.91. The van der Waals surface area contributed by atoms with Crippen molar-refractivity contribution in [2.45, 2.75) is 19.3 Å². The number of hydrogen-bond donors (Lipinski definition) is 1. The van der Waals surface area contributed by atoms with E-state index in [0.717, 1.165) is 41.7 Å². The molecule has 0 spiro atoms. The quantitative estimate of drug-likeness (QED) is 0.280. The zero-order valence-electron chi connectivity index (χ0n) is 20.4. The molecule has 1 aliphatic heterocycles. The molecule has 0 saturated carbocycles. The number of fused-ring (bicyclic) bond motifs is 1. The Bertz CT molecular complexity index is 1350. The number of nitrogens with one attached hydrogen (secondary N) is 1. The van der Waals surface area contributed by atoms with Crippen molar-refractivity contribution in [3.8, 4) is 22.6 Å². The van der Waals surface area contributed by atoms with Crippen LogP contribution in [0.2, 0.25) is 0 Å². The highest BCUT2D eigenvalue weighted by Gasteiger charge is 2.13. The van der Waals surface area contributed by atoms with Crippen LogP contribution in [0, 0.1) is 11.6 Å². The first-order chi connectivity index (χ1) is 17.6. The summed E-state index contributed by atoms with van der Waals surface area (Å²) in [5.41, 5.74) is 2.79. The molecule has 4 nitrogen and oxygen atoms in total. The molecular formula is C30H30F2N2O2. The topological polar surface area (TPSA) is 33.7 Å². The summed E-state index contributed by atoms with van der Waals surface area (Å²) in [6.07, 6.45) is 3.72. The van der Waals surface area contributed by atoms with Gasteiger partial charge in [-0.05, 0) is 90.8 Å². The number of likely N-dealkylation sites (tertiary alicyclic amines) is 1. The molecular weight excluding hydrogens is 458 g/mol. The molecule has 1 N–H and O–H groups in total. The maximum Gasteiger partial charge on any atom is 0.167 e. The zero-order chi connectivity index (χ0) is 24.9. The van der Waals surface area contributed by atoms with Crippen molar-refractivity contribution >= 4 is 22.1 Å². The monoisotopic (exact) mass is 488 g/mol. The lowest BCUT2D eigenvalue weighted by molar-refractivity contribution is 0.180. The molecule has 0 aliphatic carbocycles. The minimum Gasteiger partial charge on any atom is -0.497 e. The molecule has 4 aromatic carbocycles. The highest BCUT2D eigenvalue weighted by atomic mass is 19.1. The lowest BCUT2D eigenvalue weighted by Crippen LogP contribution is -2.33. The molecule has 1 aliphatic rings. The molecule has 0 amide bonds. The molecule has 0 aromatic heterocycles. The highest BCUT2D eigenvalue weighted by Crippen LogP contribution is 2.34. The number of hydrogen-bond acceptors (Lipinski definition) is 4. The van der Waals surface area contributed by atoms with Crippen LogP contribution in [0.1, 0.15) is 19.3 Å². The first-order valence-electron chi connectivity index (χ1n) is 12.4. The van der Waals surface area contributed by atoms with Gasteiger partial charge in [0.05, 0.1) is 7.11 Å². The van der Waals surface area contributed by atoms with E-state index in [0.29, 0.717) is 23.5 Å². The smallest absolute Gasteiger partial charge is 0.167 e. The number of benzene rings is 4. The van der Waals surface area contributed by atoms with E-state index in [4.69, 9.17) is 9.47 Å². The summed E-state index contributed by atoms with van der Waals surface area (Å²) < 4.78 is 40.0. The summed E-state index contributed by atoms with van der Waals surface area (Å²) >= 11 is 0. The van der Waals surface area contributed by atoms with Gasteiger partial charge in [0.2, 0.25) is 0 Å². The van der Waals surface area contributed by atoms with Gasteiger partial charge in [0.15, 0.2) is 11.6 Å². The van der Waals surface area contributed by atoms with E-state index in [2.05, 4.69) is 10.2 Å². The van der Waals surface area contributed by atoms with Crippen LogP contribution in [0.25, 0.3) is 21.9 Å². The zero-order valence-corrected chi connectivity index (χ0v) is 20.4. The van der Waals surface area contributed by atoms with Crippen molar-refractivity contribution in [1.82, 2.24) is 4.90 Å². The van der Waals surface area contributed by atoms with Crippen molar-refractivity contribution in [3.05, 3.63) is 84.4 Å². The Balaban J connectivity index is 1.33. The number of anilines is 2.